The quantitative estimate of drug-likeness (QED) is 0.298. The Bertz CT molecular complexity index is 1190. The Labute approximate surface area is 205 Å². The van der Waals surface area contributed by atoms with E-state index in [1.54, 1.807) is 6.07 Å². The second kappa shape index (κ2) is 10.0. The van der Waals surface area contributed by atoms with Crippen LogP contribution in [0.2, 0.25) is 0 Å². The monoisotopic (exact) mass is 471 g/mol. The van der Waals surface area contributed by atoms with Crippen molar-refractivity contribution in [2.45, 2.75) is 25.2 Å². The molecule has 0 radical (unpaired) electrons. The molecule has 5 rings (SSSR count). The van der Waals surface area contributed by atoms with Crippen LogP contribution in [0.3, 0.4) is 0 Å². The van der Waals surface area contributed by atoms with E-state index in [0.29, 0.717) is 35.0 Å². The molecule has 1 N–H and O–H groups in total. The number of amidine groups is 1. The van der Waals surface area contributed by atoms with Gasteiger partial charge in [0, 0.05) is 37.5 Å². The van der Waals surface area contributed by atoms with Crippen molar-refractivity contribution in [3.63, 3.8) is 0 Å². The maximum Gasteiger partial charge on any atom is 0.146 e. The predicted molar refractivity (Wildman–Crippen MR) is 135 cm³/mol. The molecular formula is C28H30FN5O. The number of carbonyl (C=O) groups is 1. The number of hydrogen-bond acceptors (Lipinski definition) is 5. The first-order valence-electron chi connectivity index (χ1n) is 12.3. The Morgan fingerprint density at radius 3 is 2.63 bits per heavy atom. The summed E-state index contributed by atoms with van der Waals surface area (Å²) in [4.78, 5) is 20.6. The number of benzene rings is 2. The largest absolute Gasteiger partial charge is 0.356 e. The zero-order valence-electron chi connectivity index (χ0n) is 20.0. The molecule has 2 unspecified atom stereocenters. The maximum absolute atomic E-state index is 14.6. The molecule has 0 aromatic heterocycles. The Balaban J connectivity index is 1.52. The van der Waals surface area contributed by atoms with Crippen LogP contribution in [0.4, 0.5) is 10.1 Å². The van der Waals surface area contributed by atoms with Crippen LogP contribution >= 0.6 is 0 Å². The predicted octanol–water partition coefficient (Wildman–Crippen LogP) is 4.04. The molecule has 180 valence electrons. The SMILES string of the molecule is CN(/C(=N\C(=C/C=O)N1CCC2CNCC2C1)c1ccc(C#N)c(F)c1)c1ccc(C2CC2)cc1. The minimum atomic E-state index is -0.589. The first-order valence-corrected chi connectivity index (χ1v) is 12.3. The van der Waals surface area contributed by atoms with Gasteiger partial charge in [0.25, 0.3) is 0 Å². The topological polar surface area (TPSA) is 71.7 Å². The molecule has 2 atom stereocenters. The minimum absolute atomic E-state index is 0.0102. The third kappa shape index (κ3) is 4.98. The second-order valence-corrected chi connectivity index (χ2v) is 9.74. The normalized spacial score (nSPS) is 22.5. The van der Waals surface area contributed by atoms with E-state index >= 15 is 0 Å². The van der Waals surface area contributed by atoms with E-state index in [2.05, 4.69) is 34.5 Å². The number of halogens is 1. The van der Waals surface area contributed by atoms with Crippen molar-refractivity contribution < 1.29 is 9.18 Å². The summed E-state index contributed by atoms with van der Waals surface area (Å²) in [6.07, 6.45) is 5.77. The first-order chi connectivity index (χ1) is 17.1. The van der Waals surface area contributed by atoms with Crippen LogP contribution in [0.1, 0.15) is 41.9 Å². The molecule has 1 aliphatic carbocycles. The zero-order valence-corrected chi connectivity index (χ0v) is 20.0. The highest BCUT2D eigenvalue weighted by Gasteiger charge is 2.33. The van der Waals surface area contributed by atoms with Crippen LogP contribution in [0.15, 0.2) is 59.4 Å². The number of anilines is 1. The van der Waals surface area contributed by atoms with Crippen molar-refractivity contribution in [3.05, 3.63) is 76.9 Å². The molecule has 2 aromatic rings. The summed E-state index contributed by atoms with van der Waals surface area (Å²) in [5, 5.41) is 12.6. The molecule has 35 heavy (non-hydrogen) atoms. The Kier molecular flexibility index (Phi) is 6.65. The van der Waals surface area contributed by atoms with Crippen molar-refractivity contribution >= 4 is 17.8 Å². The van der Waals surface area contributed by atoms with Gasteiger partial charge in [-0.15, -0.1) is 0 Å². The Morgan fingerprint density at radius 2 is 1.94 bits per heavy atom. The summed E-state index contributed by atoms with van der Waals surface area (Å²) in [6, 6.07) is 14.8. The molecule has 1 saturated carbocycles. The van der Waals surface area contributed by atoms with E-state index < -0.39 is 5.82 Å². The number of nitrogens with zero attached hydrogens (tertiary/aromatic N) is 4. The van der Waals surface area contributed by atoms with Crippen molar-refractivity contribution in [2.24, 2.45) is 16.8 Å². The molecule has 0 amide bonds. The van der Waals surface area contributed by atoms with Gasteiger partial charge in [-0.1, -0.05) is 12.1 Å². The summed E-state index contributed by atoms with van der Waals surface area (Å²) in [6.45, 7) is 3.67. The number of fused-ring (bicyclic) bond motifs is 1. The molecular weight excluding hydrogens is 441 g/mol. The summed E-state index contributed by atoms with van der Waals surface area (Å²) < 4.78 is 14.6. The van der Waals surface area contributed by atoms with E-state index in [0.717, 1.165) is 44.6 Å². The van der Waals surface area contributed by atoms with Crippen LogP contribution in [0.5, 0.6) is 0 Å². The molecule has 7 heteroatoms. The van der Waals surface area contributed by atoms with Gasteiger partial charge in [-0.2, -0.15) is 5.26 Å². The van der Waals surface area contributed by atoms with Crippen LogP contribution in [-0.4, -0.2) is 50.2 Å². The van der Waals surface area contributed by atoms with Gasteiger partial charge in [-0.05, 0) is 86.0 Å². The fourth-order valence-electron chi connectivity index (χ4n) is 5.21. The van der Waals surface area contributed by atoms with E-state index in [1.807, 2.05) is 18.0 Å². The van der Waals surface area contributed by atoms with E-state index in [1.165, 1.54) is 36.6 Å². The van der Waals surface area contributed by atoms with Gasteiger partial charge in [0.15, 0.2) is 0 Å². The van der Waals surface area contributed by atoms with Crippen molar-refractivity contribution in [3.8, 4) is 6.07 Å². The number of allylic oxidation sites excluding steroid dienone is 1. The first kappa shape index (κ1) is 23.3. The fourth-order valence-corrected chi connectivity index (χ4v) is 5.21. The third-order valence-corrected chi connectivity index (χ3v) is 7.46. The fraction of sp³-hybridized carbons (Fsp3) is 0.393. The number of nitriles is 1. The number of rotatable bonds is 6. The molecule has 0 bridgehead atoms. The lowest BCUT2D eigenvalue weighted by atomic mass is 9.89. The molecule has 6 nitrogen and oxygen atoms in total. The van der Waals surface area contributed by atoms with E-state index in [9.17, 15) is 14.4 Å². The zero-order chi connectivity index (χ0) is 24.4. The minimum Gasteiger partial charge on any atom is -0.356 e. The van der Waals surface area contributed by atoms with Gasteiger partial charge in [0.1, 0.15) is 29.8 Å². The standard InChI is InChI=1S/C28H30FN5O/c1-33(25-8-6-20(7-9-25)19-2-3-19)28(21-4-5-22(15-30)26(29)14-21)32-27(11-13-35)34-12-10-23-16-31-17-24(23)18-34/h4-9,11,13-14,19,23-24,31H,2-3,10,12,16-18H2,1H3/b27-11+,32-28-. The highest BCUT2D eigenvalue weighted by Crippen LogP contribution is 2.40. The van der Waals surface area contributed by atoms with Gasteiger partial charge in [0.2, 0.25) is 0 Å². The average molecular weight is 472 g/mol. The van der Waals surface area contributed by atoms with Gasteiger partial charge < -0.3 is 15.1 Å². The molecule has 0 spiro atoms. The smallest absolute Gasteiger partial charge is 0.146 e. The lowest BCUT2D eigenvalue weighted by Crippen LogP contribution is -2.40. The molecule has 3 aliphatic rings. The third-order valence-electron chi connectivity index (χ3n) is 7.46. The molecule has 2 aromatic carbocycles. The molecule has 3 fully saturated rings. The summed E-state index contributed by atoms with van der Waals surface area (Å²) in [5.74, 6) is 2.35. The lowest BCUT2D eigenvalue weighted by molar-refractivity contribution is -0.104. The Hall–Kier alpha value is -3.50. The van der Waals surface area contributed by atoms with Crippen LogP contribution < -0.4 is 10.2 Å². The number of aliphatic imine (C=N–C) groups is 1. The molecule has 2 aliphatic heterocycles. The van der Waals surface area contributed by atoms with Gasteiger partial charge >= 0.3 is 0 Å². The number of piperidine rings is 1. The summed E-state index contributed by atoms with van der Waals surface area (Å²) in [7, 11) is 1.90. The molecule has 2 saturated heterocycles. The Morgan fingerprint density at radius 1 is 1.17 bits per heavy atom. The van der Waals surface area contributed by atoms with Gasteiger partial charge in [-0.3, -0.25) is 4.79 Å². The average Bonchev–Trinajstić information content (AvgIpc) is 3.63. The number of carbonyl (C=O) groups excluding carboxylic acids is 1. The summed E-state index contributed by atoms with van der Waals surface area (Å²) >= 11 is 0. The number of hydrogen-bond donors (Lipinski definition) is 1. The van der Waals surface area contributed by atoms with Crippen molar-refractivity contribution in [2.75, 3.05) is 38.1 Å². The maximum atomic E-state index is 14.6. The van der Waals surface area contributed by atoms with Crippen molar-refractivity contribution in [1.29, 1.82) is 5.26 Å². The van der Waals surface area contributed by atoms with E-state index in [-0.39, 0.29) is 5.56 Å². The highest BCUT2D eigenvalue weighted by atomic mass is 19.1. The van der Waals surface area contributed by atoms with Crippen LogP contribution in [0.25, 0.3) is 0 Å². The highest BCUT2D eigenvalue weighted by molar-refractivity contribution is 6.10. The number of likely N-dealkylation sites (tertiary alicyclic amines) is 1. The lowest BCUT2D eigenvalue weighted by Gasteiger charge is -2.36. The summed E-state index contributed by atoms with van der Waals surface area (Å²) in [5.41, 5.74) is 2.79. The van der Waals surface area contributed by atoms with Crippen molar-refractivity contribution in [1.82, 2.24) is 10.2 Å². The second-order valence-electron chi connectivity index (χ2n) is 9.74. The van der Waals surface area contributed by atoms with Crippen LogP contribution in [0, 0.1) is 29.0 Å². The van der Waals surface area contributed by atoms with Crippen LogP contribution in [-0.2, 0) is 4.79 Å². The number of nitrogens with one attached hydrogen (secondary N) is 1. The van der Waals surface area contributed by atoms with Gasteiger partial charge in [-0.25, -0.2) is 9.38 Å². The molecule has 2 heterocycles. The number of aldehydes is 1. The van der Waals surface area contributed by atoms with Gasteiger partial charge in [0.05, 0.1) is 5.56 Å². The van der Waals surface area contributed by atoms with E-state index in [4.69, 9.17) is 4.99 Å².